The lowest BCUT2D eigenvalue weighted by atomic mass is 10.1. The quantitative estimate of drug-likeness (QED) is 0.689. The molecule has 5 nitrogen and oxygen atoms in total. The average Bonchev–Trinajstić information content (AvgIpc) is 3.26. The second kappa shape index (κ2) is 7.94. The van der Waals surface area contributed by atoms with E-state index < -0.39 is 5.82 Å². The molecule has 7 heteroatoms. The van der Waals surface area contributed by atoms with Crippen LogP contribution in [0.4, 0.5) is 15.9 Å². The fourth-order valence-corrected chi connectivity index (χ4v) is 3.37. The van der Waals surface area contributed by atoms with E-state index in [2.05, 4.69) is 20.4 Å². The lowest BCUT2D eigenvalue weighted by molar-refractivity contribution is 0.102. The normalized spacial score (nSPS) is 13.6. The molecule has 0 spiro atoms. The van der Waals surface area contributed by atoms with Crippen LogP contribution in [0.15, 0.2) is 54.6 Å². The second-order valence-corrected chi connectivity index (χ2v) is 7.04. The maximum atomic E-state index is 13.3. The van der Waals surface area contributed by atoms with Gasteiger partial charge in [0.05, 0.1) is 10.7 Å². The van der Waals surface area contributed by atoms with Crippen molar-refractivity contribution in [3.8, 4) is 11.3 Å². The number of hydrogen-bond acceptors (Lipinski definition) is 4. The number of nitrogens with zero attached hydrogens (tertiary/aromatic N) is 3. The van der Waals surface area contributed by atoms with Gasteiger partial charge < -0.3 is 10.2 Å². The zero-order chi connectivity index (χ0) is 19.5. The van der Waals surface area contributed by atoms with Gasteiger partial charge in [-0.2, -0.15) is 0 Å². The third kappa shape index (κ3) is 3.97. The Bertz CT molecular complexity index is 1000. The molecule has 2 aromatic carbocycles. The molecule has 1 aliphatic rings. The highest BCUT2D eigenvalue weighted by atomic mass is 35.5. The Labute approximate surface area is 167 Å². The van der Waals surface area contributed by atoms with Gasteiger partial charge in [-0.25, -0.2) is 4.39 Å². The van der Waals surface area contributed by atoms with Gasteiger partial charge in [-0.15, -0.1) is 10.2 Å². The Morgan fingerprint density at radius 3 is 2.57 bits per heavy atom. The molecule has 0 aliphatic carbocycles. The highest BCUT2D eigenvalue weighted by Gasteiger charge is 2.14. The lowest BCUT2D eigenvalue weighted by Crippen LogP contribution is -2.19. The maximum absolute atomic E-state index is 13.3. The molecule has 28 heavy (non-hydrogen) atoms. The second-order valence-electron chi connectivity index (χ2n) is 6.63. The summed E-state index contributed by atoms with van der Waals surface area (Å²) in [4.78, 5) is 14.7. The fourth-order valence-electron chi connectivity index (χ4n) is 3.19. The van der Waals surface area contributed by atoms with Crippen LogP contribution in [-0.4, -0.2) is 29.2 Å². The molecular weight excluding hydrogens is 379 g/mol. The van der Waals surface area contributed by atoms with Gasteiger partial charge in [0.2, 0.25) is 0 Å². The molecule has 1 aliphatic heterocycles. The first kappa shape index (κ1) is 18.4. The van der Waals surface area contributed by atoms with Crippen molar-refractivity contribution >= 4 is 29.0 Å². The maximum Gasteiger partial charge on any atom is 0.255 e. The van der Waals surface area contributed by atoms with E-state index in [0.29, 0.717) is 16.9 Å². The Morgan fingerprint density at radius 1 is 1.04 bits per heavy atom. The minimum absolute atomic E-state index is 0.0417. The number of aromatic nitrogens is 2. The summed E-state index contributed by atoms with van der Waals surface area (Å²) < 4.78 is 13.3. The molecule has 1 N–H and O–H groups in total. The van der Waals surface area contributed by atoms with Crippen molar-refractivity contribution in [2.45, 2.75) is 12.8 Å². The lowest BCUT2D eigenvalue weighted by Gasteiger charge is -2.15. The van der Waals surface area contributed by atoms with E-state index in [9.17, 15) is 9.18 Å². The molecule has 4 rings (SSSR count). The van der Waals surface area contributed by atoms with E-state index in [1.54, 1.807) is 18.2 Å². The predicted octanol–water partition coefficient (Wildman–Crippen LogP) is 4.79. The first-order chi connectivity index (χ1) is 13.6. The molecule has 1 fully saturated rings. The topological polar surface area (TPSA) is 58.1 Å². The molecule has 0 atom stereocenters. The van der Waals surface area contributed by atoms with E-state index in [-0.39, 0.29) is 10.9 Å². The minimum Gasteiger partial charge on any atom is -0.355 e. The molecule has 1 saturated heterocycles. The number of rotatable bonds is 4. The molecular formula is C21H18ClFN4O. The highest BCUT2D eigenvalue weighted by Crippen LogP contribution is 2.23. The van der Waals surface area contributed by atoms with E-state index in [1.807, 2.05) is 18.2 Å². The summed E-state index contributed by atoms with van der Waals surface area (Å²) in [5.74, 6) is 0.0344. The first-order valence-electron chi connectivity index (χ1n) is 9.06. The van der Waals surface area contributed by atoms with Gasteiger partial charge >= 0.3 is 0 Å². The van der Waals surface area contributed by atoms with Crippen molar-refractivity contribution in [1.82, 2.24) is 10.2 Å². The first-order valence-corrected chi connectivity index (χ1v) is 9.43. The summed E-state index contributed by atoms with van der Waals surface area (Å²) in [5, 5.41) is 11.3. The third-order valence-corrected chi connectivity index (χ3v) is 4.97. The number of amides is 1. The summed E-state index contributed by atoms with van der Waals surface area (Å²) in [6.45, 7) is 2.02. The van der Waals surface area contributed by atoms with Crippen LogP contribution < -0.4 is 10.2 Å². The molecule has 0 bridgehead atoms. The Balaban J connectivity index is 1.52. The van der Waals surface area contributed by atoms with Gasteiger partial charge in [-0.05, 0) is 55.3 Å². The summed E-state index contributed by atoms with van der Waals surface area (Å²) in [7, 11) is 0. The van der Waals surface area contributed by atoms with E-state index >= 15 is 0 Å². The largest absolute Gasteiger partial charge is 0.355 e. The van der Waals surface area contributed by atoms with Crippen molar-refractivity contribution in [2.75, 3.05) is 23.3 Å². The number of carbonyl (C=O) groups excluding carboxylic acids is 1. The molecule has 1 amide bonds. The molecule has 0 radical (unpaired) electrons. The molecule has 2 heterocycles. The average molecular weight is 397 g/mol. The monoisotopic (exact) mass is 396 g/mol. The summed E-state index contributed by atoms with van der Waals surface area (Å²) in [5.41, 5.74) is 2.38. The third-order valence-electron chi connectivity index (χ3n) is 4.68. The standard InChI is InChI=1S/C21H18ClFN4O/c22-17-13-16(6-7-18(17)23)24-21(28)15-5-3-4-14(12-15)19-8-9-20(26-25-19)27-10-1-2-11-27/h3-9,12-13H,1-2,10-11H2,(H,24,28). The van der Waals surface area contributed by atoms with Gasteiger partial charge in [-0.3, -0.25) is 4.79 Å². The van der Waals surface area contributed by atoms with Crippen molar-refractivity contribution in [2.24, 2.45) is 0 Å². The van der Waals surface area contributed by atoms with Gasteiger partial charge in [0.25, 0.3) is 5.91 Å². The van der Waals surface area contributed by atoms with Crippen LogP contribution in [0.1, 0.15) is 23.2 Å². The number of benzene rings is 2. The van der Waals surface area contributed by atoms with Crippen LogP contribution in [0.5, 0.6) is 0 Å². The van der Waals surface area contributed by atoms with Crippen LogP contribution in [0, 0.1) is 5.82 Å². The van der Waals surface area contributed by atoms with Crippen LogP contribution in [0.2, 0.25) is 5.02 Å². The highest BCUT2D eigenvalue weighted by molar-refractivity contribution is 6.31. The zero-order valence-electron chi connectivity index (χ0n) is 15.0. The summed E-state index contributed by atoms with van der Waals surface area (Å²) in [6.07, 6.45) is 2.36. The Morgan fingerprint density at radius 2 is 1.86 bits per heavy atom. The zero-order valence-corrected chi connectivity index (χ0v) is 15.8. The van der Waals surface area contributed by atoms with Gasteiger partial charge in [-0.1, -0.05) is 23.7 Å². The van der Waals surface area contributed by atoms with Gasteiger partial charge in [0.15, 0.2) is 5.82 Å². The van der Waals surface area contributed by atoms with Gasteiger partial charge in [0, 0.05) is 29.9 Å². The minimum atomic E-state index is -0.530. The molecule has 142 valence electrons. The summed E-state index contributed by atoms with van der Waals surface area (Å²) >= 11 is 5.76. The molecule has 1 aromatic heterocycles. The molecule has 3 aromatic rings. The number of anilines is 2. The van der Waals surface area contributed by atoms with E-state index in [4.69, 9.17) is 11.6 Å². The van der Waals surface area contributed by atoms with Crippen LogP contribution in [-0.2, 0) is 0 Å². The van der Waals surface area contributed by atoms with Gasteiger partial charge in [0.1, 0.15) is 5.82 Å². The van der Waals surface area contributed by atoms with E-state index in [0.717, 1.165) is 24.5 Å². The summed E-state index contributed by atoms with van der Waals surface area (Å²) in [6, 6.07) is 15.1. The van der Waals surface area contributed by atoms with Crippen LogP contribution >= 0.6 is 11.6 Å². The Kier molecular flexibility index (Phi) is 5.21. The molecule has 0 saturated carbocycles. The Hall–Kier alpha value is -2.99. The van der Waals surface area contributed by atoms with Crippen molar-refractivity contribution in [1.29, 1.82) is 0 Å². The van der Waals surface area contributed by atoms with E-state index in [1.165, 1.54) is 31.0 Å². The number of halogens is 2. The smallest absolute Gasteiger partial charge is 0.255 e. The number of carbonyl (C=O) groups is 1. The van der Waals surface area contributed by atoms with Crippen molar-refractivity contribution < 1.29 is 9.18 Å². The van der Waals surface area contributed by atoms with Crippen LogP contribution in [0.25, 0.3) is 11.3 Å². The van der Waals surface area contributed by atoms with Crippen LogP contribution in [0.3, 0.4) is 0 Å². The number of hydrogen-bond donors (Lipinski definition) is 1. The fraction of sp³-hybridized carbons (Fsp3) is 0.190. The molecule has 0 unspecified atom stereocenters. The van der Waals surface area contributed by atoms with Crippen molar-refractivity contribution in [3.63, 3.8) is 0 Å². The number of nitrogens with one attached hydrogen (secondary N) is 1. The SMILES string of the molecule is O=C(Nc1ccc(F)c(Cl)c1)c1cccc(-c2ccc(N3CCCC3)nn2)c1. The predicted molar refractivity (Wildman–Crippen MR) is 108 cm³/mol. The van der Waals surface area contributed by atoms with Crippen molar-refractivity contribution in [3.05, 3.63) is 71.0 Å².